The van der Waals surface area contributed by atoms with Crippen LogP contribution in [0.4, 0.5) is 9.59 Å². The van der Waals surface area contributed by atoms with Crippen molar-refractivity contribution in [2.75, 3.05) is 13.1 Å². The Kier molecular flexibility index (Phi) is 8.33. The standard InChI is InChI=1S/C26H36N4O5S/c1-18-6-10-21(11-7-18)28-25(32)29-36(34,35)22-12-8-19(9-13-22)14-16-27-26(33)30-17-15-20-4-2-3-5-23(20)24(30)31/h8-9,12-13,18,21H,2-7,10-11,14-17H2,1H3,(H,27,33)(H2,28,29,32). The highest BCUT2D eigenvalue weighted by atomic mass is 32.2. The second-order valence-corrected chi connectivity index (χ2v) is 11.8. The van der Waals surface area contributed by atoms with Gasteiger partial charge in [0.2, 0.25) is 0 Å². The van der Waals surface area contributed by atoms with E-state index in [-0.39, 0.29) is 22.9 Å². The number of imide groups is 1. The van der Waals surface area contributed by atoms with Crippen LogP contribution in [0.3, 0.4) is 0 Å². The van der Waals surface area contributed by atoms with Gasteiger partial charge in [-0.05, 0) is 87.8 Å². The van der Waals surface area contributed by atoms with Crippen LogP contribution in [0, 0.1) is 5.92 Å². The van der Waals surface area contributed by atoms with E-state index in [1.165, 1.54) is 22.6 Å². The molecule has 10 heteroatoms. The molecule has 9 nitrogen and oxygen atoms in total. The van der Waals surface area contributed by atoms with E-state index in [9.17, 15) is 22.8 Å². The van der Waals surface area contributed by atoms with E-state index in [0.29, 0.717) is 25.4 Å². The van der Waals surface area contributed by atoms with Crippen molar-refractivity contribution in [2.24, 2.45) is 5.92 Å². The zero-order valence-electron chi connectivity index (χ0n) is 20.8. The van der Waals surface area contributed by atoms with Crippen molar-refractivity contribution < 1.29 is 22.8 Å². The number of hydrogen-bond acceptors (Lipinski definition) is 5. The van der Waals surface area contributed by atoms with Crippen molar-refractivity contribution in [1.29, 1.82) is 0 Å². The van der Waals surface area contributed by atoms with Gasteiger partial charge in [0.05, 0.1) is 4.90 Å². The Morgan fingerprint density at radius 2 is 1.69 bits per heavy atom. The van der Waals surface area contributed by atoms with Crippen LogP contribution in [-0.4, -0.2) is 50.4 Å². The molecule has 0 radical (unpaired) electrons. The van der Waals surface area contributed by atoms with Gasteiger partial charge in [0.15, 0.2) is 0 Å². The van der Waals surface area contributed by atoms with Crippen LogP contribution in [0.2, 0.25) is 0 Å². The molecule has 2 aliphatic carbocycles. The molecule has 0 bridgehead atoms. The van der Waals surface area contributed by atoms with E-state index < -0.39 is 16.1 Å². The summed E-state index contributed by atoms with van der Waals surface area (Å²) in [6.07, 6.45) is 8.81. The Balaban J connectivity index is 1.23. The fourth-order valence-electron chi connectivity index (χ4n) is 5.25. The Bertz CT molecular complexity index is 1120. The minimum absolute atomic E-state index is 0.00169. The number of nitrogens with one attached hydrogen (secondary N) is 3. The maximum absolute atomic E-state index is 12.7. The first-order valence-corrected chi connectivity index (χ1v) is 14.4. The summed E-state index contributed by atoms with van der Waals surface area (Å²) in [5.41, 5.74) is 2.85. The first-order chi connectivity index (χ1) is 17.2. The molecule has 0 saturated heterocycles. The molecule has 0 spiro atoms. The number of benzene rings is 1. The SMILES string of the molecule is CC1CCC(NC(=O)NS(=O)(=O)c2ccc(CCNC(=O)N3CCC4=C(CCCC4)C3=O)cc2)CC1. The quantitative estimate of drug-likeness (QED) is 0.533. The first kappa shape index (κ1) is 26.2. The lowest BCUT2D eigenvalue weighted by Crippen LogP contribution is -2.47. The third-order valence-corrected chi connectivity index (χ3v) is 8.82. The number of sulfonamides is 1. The molecule has 1 aromatic carbocycles. The minimum atomic E-state index is -3.98. The lowest BCUT2D eigenvalue weighted by molar-refractivity contribution is -0.125. The molecule has 5 amide bonds. The molecule has 196 valence electrons. The molecule has 1 heterocycles. The van der Waals surface area contributed by atoms with Crippen LogP contribution < -0.4 is 15.4 Å². The van der Waals surface area contributed by atoms with Crippen LogP contribution in [0.25, 0.3) is 0 Å². The predicted octanol–water partition coefficient (Wildman–Crippen LogP) is 3.61. The number of urea groups is 2. The number of nitrogens with zero attached hydrogens (tertiary/aromatic N) is 1. The van der Waals surface area contributed by atoms with Crippen LogP contribution in [0.5, 0.6) is 0 Å². The highest BCUT2D eigenvalue weighted by Gasteiger charge is 2.32. The van der Waals surface area contributed by atoms with Crippen molar-refractivity contribution in [2.45, 2.75) is 82.1 Å². The molecule has 0 atom stereocenters. The van der Waals surface area contributed by atoms with Crippen molar-refractivity contribution in [1.82, 2.24) is 20.3 Å². The van der Waals surface area contributed by atoms with Gasteiger partial charge >= 0.3 is 12.1 Å². The van der Waals surface area contributed by atoms with Gasteiger partial charge < -0.3 is 10.6 Å². The fourth-order valence-corrected chi connectivity index (χ4v) is 6.17. The van der Waals surface area contributed by atoms with E-state index in [0.717, 1.165) is 68.9 Å². The van der Waals surface area contributed by atoms with Crippen LogP contribution in [-0.2, 0) is 21.2 Å². The summed E-state index contributed by atoms with van der Waals surface area (Å²) in [6.45, 7) is 2.91. The lowest BCUT2D eigenvalue weighted by Gasteiger charge is -2.31. The van der Waals surface area contributed by atoms with Gasteiger partial charge in [-0.3, -0.25) is 9.69 Å². The first-order valence-electron chi connectivity index (χ1n) is 13.0. The Morgan fingerprint density at radius 1 is 1.00 bits per heavy atom. The predicted molar refractivity (Wildman–Crippen MR) is 136 cm³/mol. The van der Waals surface area contributed by atoms with Crippen molar-refractivity contribution in [3.63, 3.8) is 0 Å². The number of amides is 5. The highest BCUT2D eigenvalue weighted by molar-refractivity contribution is 7.90. The third kappa shape index (κ3) is 6.46. The highest BCUT2D eigenvalue weighted by Crippen LogP contribution is 2.31. The number of carbonyl (C=O) groups excluding carboxylic acids is 3. The van der Waals surface area contributed by atoms with Crippen LogP contribution >= 0.6 is 0 Å². The smallest absolute Gasteiger partial charge is 0.328 e. The van der Waals surface area contributed by atoms with Gasteiger partial charge in [-0.2, -0.15) is 0 Å². The Labute approximate surface area is 213 Å². The Hall–Kier alpha value is -2.88. The van der Waals surface area contributed by atoms with Gasteiger partial charge in [0, 0.05) is 24.7 Å². The summed E-state index contributed by atoms with van der Waals surface area (Å²) in [6, 6.07) is 5.11. The molecular weight excluding hydrogens is 480 g/mol. The molecule has 1 aromatic rings. The largest absolute Gasteiger partial charge is 0.337 e. The normalized spacial score (nSPS) is 22.6. The van der Waals surface area contributed by atoms with E-state index in [1.54, 1.807) is 12.1 Å². The molecule has 3 N–H and O–H groups in total. The molecule has 3 aliphatic rings. The van der Waals surface area contributed by atoms with Crippen LogP contribution in [0.15, 0.2) is 40.3 Å². The third-order valence-electron chi connectivity index (χ3n) is 7.47. The van der Waals surface area contributed by atoms with Crippen molar-refractivity contribution >= 4 is 28.0 Å². The number of hydrogen-bond donors (Lipinski definition) is 3. The summed E-state index contributed by atoms with van der Waals surface area (Å²) in [7, 11) is -3.98. The van der Waals surface area contributed by atoms with E-state index in [4.69, 9.17) is 0 Å². The average Bonchev–Trinajstić information content (AvgIpc) is 2.86. The molecule has 1 fully saturated rings. The molecule has 4 rings (SSSR count). The molecule has 1 saturated carbocycles. The Morgan fingerprint density at radius 3 is 2.42 bits per heavy atom. The number of rotatable bonds is 6. The van der Waals surface area contributed by atoms with E-state index in [1.807, 2.05) is 0 Å². The maximum atomic E-state index is 12.7. The summed E-state index contributed by atoms with van der Waals surface area (Å²) >= 11 is 0. The van der Waals surface area contributed by atoms with Gasteiger partial charge in [0.25, 0.3) is 15.9 Å². The molecular formula is C26H36N4O5S. The van der Waals surface area contributed by atoms with Gasteiger partial charge in [-0.25, -0.2) is 22.7 Å². The summed E-state index contributed by atoms with van der Waals surface area (Å²) < 4.78 is 27.3. The average molecular weight is 517 g/mol. The van der Waals surface area contributed by atoms with Crippen molar-refractivity contribution in [3.05, 3.63) is 41.0 Å². The molecule has 0 aromatic heterocycles. The maximum Gasteiger partial charge on any atom is 0.328 e. The van der Waals surface area contributed by atoms with Gasteiger partial charge in [-0.1, -0.05) is 24.6 Å². The molecule has 0 unspecified atom stereocenters. The monoisotopic (exact) mass is 516 g/mol. The second-order valence-electron chi connectivity index (χ2n) is 10.2. The zero-order chi connectivity index (χ0) is 25.7. The molecule has 36 heavy (non-hydrogen) atoms. The van der Waals surface area contributed by atoms with Crippen molar-refractivity contribution in [3.8, 4) is 0 Å². The topological polar surface area (TPSA) is 125 Å². The summed E-state index contributed by atoms with van der Waals surface area (Å²) in [4.78, 5) is 38.8. The van der Waals surface area contributed by atoms with Crippen LogP contribution in [0.1, 0.15) is 70.3 Å². The minimum Gasteiger partial charge on any atom is -0.337 e. The van der Waals surface area contributed by atoms with Gasteiger partial charge in [-0.15, -0.1) is 0 Å². The summed E-state index contributed by atoms with van der Waals surface area (Å²) in [5.74, 6) is 0.467. The zero-order valence-corrected chi connectivity index (χ0v) is 21.7. The van der Waals surface area contributed by atoms with E-state index >= 15 is 0 Å². The van der Waals surface area contributed by atoms with Gasteiger partial charge in [0.1, 0.15) is 0 Å². The number of carbonyl (C=O) groups is 3. The lowest BCUT2D eigenvalue weighted by atomic mass is 9.87. The van der Waals surface area contributed by atoms with E-state index in [2.05, 4.69) is 22.3 Å². The fraction of sp³-hybridized carbons (Fsp3) is 0.577. The second kappa shape index (κ2) is 11.5. The molecule has 1 aliphatic heterocycles. The summed E-state index contributed by atoms with van der Waals surface area (Å²) in [5, 5.41) is 5.56.